The van der Waals surface area contributed by atoms with E-state index in [9.17, 15) is 18.0 Å². The summed E-state index contributed by atoms with van der Waals surface area (Å²) in [6.45, 7) is 7.21. The highest BCUT2D eigenvalue weighted by Crippen LogP contribution is 2.37. The highest BCUT2D eigenvalue weighted by molar-refractivity contribution is 5.90. The van der Waals surface area contributed by atoms with Gasteiger partial charge in [-0.25, -0.2) is 14.8 Å². The van der Waals surface area contributed by atoms with Crippen molar-refractivity contribution in [1.29, 1.82) is 0 Å². The molecule has 1 saturated heterocycles. The van der Waals surface area contributed by atoms with Gasteiger partial charge in [0.05, 0.1) is 37.0 Å². The van der Waals surface area contributed by atoms with E-state index in [2.05, 4.69) is 15.3 Å². The largest absolute Gasteiger partial charge is 0.461 e. The topological polar surface area (TPSA) is 82.6 Å². The number of rotatable bonds is 6. The molecule has 1 fully saturated rings. The van der Waals surface area contributed by atoms with Gasteiger partial charge in [0, 0.05) is 0 Å². The van der Waals surface area contributed by atoms with Gasteiger partial charge in [-0.2, -0.15) is 13.2 Å². The molecule has 1 aliphatic heterocycles. The summed E-state index contributed by atoms with van der Waals surface area (Å²) in [7, 11) is 0. The van der Waals surface area contributed by atoms with Gasteiger partial charge in [-0.1, -0.05) is 12.1 Å². The molecule has 1 aliphatic rings. The lowest BCUT2D eigenvalue weighted by Crippen LogP contribution is -2.21. The molecular weight excluding hydrogens is 415 g/mol. The van der Waals surface area contributed by atoms with Gasteiger partial charge >= 0.3 is 12.1 Å². The third-order valence-electron chi connectivity index (χ3n) is 4.88. The number of nitrogens with zero attached hydrogens (tertiary/aromatic N) is 2. The summed E-state index contributed by atoms with van der Waals surface area (Å²) in [5.41, 5.74) is 0.117. The van der Waals surface area contributed by atoms with E-state index in [4.69, 9.17) is 14.2 Å². The number of anilines is 1. The van der Waals surface area contributed by atoms with E-state index in [0.29, 0.717) is 24.6 Å². The van der Waals surface area contributed by atoms with Crippen LogP contribution in [0.3, 0.4) is 0 Å². The fraction of sp³-hybridized carbons (Fsp3) is 0.476. The van der Waals surface area contributed by atoms with E-state index in [1.165, 1.54) is 13.0 Å². The van der Waals surface area contributed by atoms with Crippen LogP contribution in [-0.2, 0) is 20.4 Å². The molecule has 0 saturated carbocycles. The predicted molar refractivity (Wildman–Crippen MR) is 106 cm³/mol. The summed E-state index contributed by atoms with van der Waals surface area (Å²) in [6, 6.07) is 3.46. The Morgan fingerprint density at radius 3 is 2.55 bits per heavy atom. The van der Waals surface area contributed by atoms with Crippen molar-refractivity contribution >= 4 is 11.8 Å². The molecule has 168 valence electrons. The Hall–Kier alpha value is -2.72. The summed E-state index contributed by atoms with van der Waals surface area (Å²) in [6.07, 6.45) is -5.35. The molecular formula is C21H24F3N3O4. The maximum atomic E-state index is 13.3. The minimum atomic E-state index is -4.46. The van der Waals surface area contributed by atoms with Crippen LogP contribution in [0.4, 0.5) is 19.0 Å². The smallest absolute Gasteiger partial charge is 0.416 e. The average Bonchev–Trinajstić information content (AvgIpc) is 3.21. The third kappa shape index (κ3) is 4.96. The Morgan fingerprint density at radius 1 is 1.26 bits per heavy atom. The molecule has 0 amide bonds. The second-order valence-electron chi connectivity index (χ2n) is 7.06. The van der Waals surface area contributed by atoms with Gasteiger partial charge in [-0.05, 0) is 44.9 Å². The molecule has 31 heavy (non-hydrogen) atoms. The van der Waals surface area contributed by atoms with Gasteiger partial charge in [-0.3, -0.25) is 0 Å². The molecule has 1 aromatic carbocycles. The summed E-state index contributed by atoms with van der Waals surface area (Å²) in [4.78, 5) is 21.1. The number of carbonyl (C=O) groups excluding carboxylic acids is 1. The molecule has 7 nitrogen and oxygen atoms in total. The zero-order chi connectivity index (χ0) is 22.8. The van der Waals surface area contributed by atoms with Crippen molar-refractivity contribution in [1.82, 2.24) is 9.97 Å². The molecule has 3 rings (SSSR count). The van der Waals surface area contributed by atoms with Crippen LogP contribution in [0.25, 0.3) is 0 Å². The van der Waals surface area contributed by atoms with E-state index in [-0.39, 0.29) is 29.2 Å². The Bertz CT molecular complexity index is 960. The van der Waals surface area contributed by atoms with Crippen LogP contribution in [-0.4, -0.2) is 35.8 Å². The van der Waals surface area contributed by atoms with Crippen LogP contribution >= 0.6 is 0 Å². The van der Waals surface area contributed by atoms with Gasteiger partial charge in [0.1, 0.15) is 11.6 Å². The molecule has 0 bridgehead atoms. The Morgan fingerprint density at radius 2 is 1.94 bits per heavy atom. The number of hydrogen-bond donors (Lipinski definition) is 1. The first-order valence-electron chi connectivity index (χ1n) is 9.85. The van der Waals surface area contributed by atoms with Crippen LogP contribution in [0.15, 0.2) is 18.2 Å². The third-order valence-corrected chi connectivity index (χ3v) is 4.88. The van der Waals surface area contributed by atoms with E-state index >= 15 is 0 Å². The van der Waals surface area contributed by atoms with Crippen LogP contribution in [0.5, 0.6) is 0 Å². The lowest BCUT2D eigenvalue weighted by atomic mass is 9.97. The Labute approximate surface area is 177 Å². The van der Waals surface area contributed by atoms with Crippen LogP contribution in [0.2, 0.25) is 0 Å². The molecule has 0 radical (unpaired) electrons. The zero-order valence-electron chi connectivity index (χ0n) is 17.7. The van der Waals surface area contributed by atoms with Crippen molar-refractivity contribution in [3.63, 3.8) is 0 Å². The maximum Gasteiger partial charge on any atom is 0.416 e. The van der Waals surface area contributed by atoms with Crippen LogP contribution in [0.1, 0.15) is 64.7 Å². The van der Waals surface area contributed by atoms with Crippen molar-refractivity contribution in [2.75, 3.05) is 25.1 Å². The highest BCUT2D eigenvalue weighted by atomic mass is 19.4. The monoisotopic (exact) mass is 439 g/mol. The first-order valence-corrected chi connectivity index (χ1v) is 9.85. The molecule has 1 aromatic heterocycles. The van der Waals surface area contributed by atoms with Gasteiger partial charge in [0.2, 0.25) is 0 Å². The van der Waals surface area contributed by atoms with Gasteiger partial charge in [-0.15, -0.1) is 0 Å². The fourth-order valence-electron chi connectivity index (χ4n) is 3.51. The first kappa shape index (κ1) is 23.0. The number of esters is 1. The van der Waals surface area contributed by atoms with E-state index in [0.717, 1.165) is 6.07 Å². The lowest BCUT2D eigenvalue weighted by molar-refractivity contribution is -0.138. The number of ether oxygens (including phenoxy) is 3. The predicted octanol–water partition coefficient (Wildman–Crippen LogP) is 4.51. The number of aryl methyl sites for hydroxylation is 1. The summed E-state index contributed by atoms with van der Waals surface area (Å²) in [5.74, 6) is -0.125. The second-order valence-corrected chi connectivity index (χ2v) is 7.06. The van der Waals surface area contributed by atoms with Crippen LogP contribution < -0.4 is 5.32 Å². The normalized spacial score (nSPS) is 15.7. The summed E-state index contributed by atoms with van der Waals surface area (Å²) >= 11 is 0. The standard InChI is InChI=1S/C21H24F3N3O4/c1-5-29-19(28)17-16(20-30-9-10-31-20)18(27-13(4)26-17)25-12(3)14-7-6-8-15(11(14)2)21(22,23)24/h6-8,12,20H,5,9-10H2,1-4H3,(H,25,26,27)/t12-/m1/s1. The Balaban J connectivity index is 2.04. The quantitative estimate of drug-likeness (QED) is 0.663. The molecule has 10 heteroatoms. The van der Waals surface area contributed by atoms with Crippen molar-refractivity contribution in [3.05, 3.63) is 52.0 Å². The van der Waals surface area contributed by atoms with E-state index < -0.39 is 30.0 Å². The van der Waals surface area contributed by atoms with Gasteiger partial charge in [0.15, 0.2) is 12.0 Å². The van der Waals surface area contributed by atoms with Crippen molar-refractivity contribution in [2.24, 2.45) is 0 Å². The van der Waals surface area contributed by atoms with Crippen molar-refractivity contribution in [2.45, 2.75) is 46.2 Å². The van der Waals surface area contributed by atoms with E-state index in [1.54, 1.807) is 26.8 Å². The molecule has 1 atom stereocenters. The number of halogens is 3. The number of carbonyl (C=O) groups is 1. The van der Waals surface area contributed by atoms with Crippen molar-refractivity contribution < 1.29 is 32.2 Å². The van der Waals surface area contributed by atoms with E-state index in [1.807, 2.05) is 0 Å². The minimum Gasteiger partial charge on any atom is -0.461 e. The average molecular weight is 439 g/mol. The fourth-order valence-corrected chi connectivity index (χ4v) is 3.51. The molecule has 1 N–H and O–H groups in total. The lowest BCUT2D eigenvalue weighted by Gasteiger charge is -2.23. The summed E-state index contributed by atoms with van der Waals surface area (Å²) < 4.78 is 56.2. The Kier molecular flexibility index (Phi) is 6.80. The number of benzene rings is 1. The first-order chi connectivity index (χ1) is 14.6. The van der Waals surface area contributed by atoms with Gasteiger partial charge in [0.25, 0.3) is 0 Å². The number of nitrogens with one attached hydrogen (secondary N) is 1. The highest BCUT2D eigenvalue weighted by Gasteiger charge is 2.34. The molecule has 2 aromatic rings. The van der Waals surface area contributed by atoms with Crippen molar-refractivity contribution in [3.8, 4) is 0 Å². The molecule has 0 unspecified atom stereocenters. The van der Waals surface area contributed by atoms with Crippen LogP contribution in [0, 0.1) is 13.8 Å². The maximum absolute atomic E-state index is 13.3. The summed E-state index contributed by atoms with van der Waals surface area (Å²) in [5, 5.41) is 3.12. The number of hydrogen-bond acceptors (Lipinski definition) is 7. The van der Waals surface area contributed by atoms with Gasteiger partial charge < -0.3 is 19.5 Å². The zero-order valence-corrected chi connectivity index (χ0v) is 17.7. The molecule has 0 aliphatic carbocycles. The molecule has 0 spiro atoms. The number of aromatic nitrogens is 2. The second kappa shape index (κ2) is 9.19. The number of alkyl halides is 3. The SMILES string of the molecule is CCOC(=O)c1nc(C)nc(N[C@H](C)c2cccc(C(F)(F)F)c2C)c1C1OCCO1. The minimum absolute atomic E-state index is 0.00304. The molecule has 2 heterocycles.